The molecule has 1 atom stereocenters. The summed E-state index contributed by atoms with van der Waals surface area (Å²) in [6.45, 7) is 0. The molecule has 84 valence electrons. The normalized spacial score (nSPS) is 18.2. The predicted octanol–water partition coefficient (Wildman–Crippen LogP) is 4.06. The van der Waals surface area contributed by atoms with E-state index >= 15 is 0 Å². The first kappa shape index (κ1) is 10.5. The molecule has 1 aliphatic rings. The third kappa shape index (κ3) is 1.77. The van der Waals surface area contributed by atoms with Crippen LogP contribution in [0.1, 0.15) is 33.8 Å². The summed E-state index contributed by atoms with van der Waals surface area (Å²) in [4.78, 5) is 11.9. The Hall–Kier alpha value is -1.60. The lowest BCUT2D eigenvalue weighted by atomic mass is 9.93. The number of carbonyl (C=O) groups excluding carboxylic acids is 1. The molecule has 0 fully saturated rings. The molecule has 2 aromatic carbocycles. The van der Waals surface area contributed by atoms with Crippen molar-refractivity contribution in [1.82, 2.24) is 0 Å². The lowest BCUT2D eigenvalue weighted by Gasteiger charge is -2.11. The molecule has 0 radical (unpaired) electrons. The molecule has 0 bridgehead atoms. The van der Waals surface area contributed by atoms with Crippen LogP contribution in [-0.2, 0) is 0 Å². The van der Waals surface area contributed by atoms with Crippen LogP contribution < -0.4 is 0 Å². The zero-order chi connectivity index (χ0) is 11.8. The van der Waals surface area contributed by atoms with Gasteiger partial charge in [-0.25, -0.2) is 0 Å². The molecule has 1 aliphatic carbocycles. The van der Waals surface area contributed by atoms with Gasteiger partial charge in [0, 0.05) is 22.9 Å². The molecule has 0 amide bonds. The van der Waals surface area contributed by atoms with Crippen molar-refractivity contribution in [2.45, 2.75) is 12.3 Å². The zero-order valence-electron chi connectivity index (χ0n) is 9.19. The molecule has 0 saturated heterocycles. The highest BCUT2D eigenvalue weighted by Gasteiger charge is 2.29. The molecule has 17 heavy (non-hydrogen) atoms. The van der Waals surface area contributed by atoms with Crippen molar-refractivity contribution in [1.29, 1.82) is 0 Å². The van der Waals surface area contributed by atoms with Crippen molar-refractivity contribution in [3.05, 3.63) is 70.2 Å². The van der Waals surface area contributed by atoms with Gasteiger partial charge < -0.3 is 0 Å². The first-order valence-corrected chi connectivity index (χ1v) is 6.01. The Labute approximate surface area is 105 Å². The van der Waals surface area contributed by atoms with Gasteiger partial charge in [-0.2, -0.15) is 0 Å². The second-order valence-corrected chi connectivity index (χ2v) is 4.76. The molecule has 0 aliphatic heterocycles. The lowest BCUT2D eigenvalue weighted by molar-refractivity contribution is 0.0991. The van der Waals surface area contributed by atoms with E-state index in [1.165, 1.54) is 0 Å². The van der Waals surface area contributed by atoms with Crippen molar-refractivity contribution in [2.24, 2.45) is 0 Å². The van der Waals surface area contributed by atoms with E-state index in [9.17, 15) is 4.79 Å². The Morgan fingerprint density at radius 2 is 1.88 bits per heavy atom. The molecule has 0 aromatic heterocycles. The van der Waals surface area contributed by atoms with Gasteiger partial charge in [-0.1, -0.05) is 48.0 Å². The summed E-state index contributed by atoms with van der Waals surface area (Å²) in [5, 5.41) is 0.722. The van der Waals surface area contributed by atoms with E-state index in [2.05, 4.69) is 0 Å². The quantitative estimate of drug-likeness (QED) is 0.737. The first-order chi connectivity index (χ1) is 8.25. The summed E-state index contributed by atoms with van der Waals surface area (Å²) >= 11 is 6.00. The van der Waals surface area contributed by atoms with Crippen LogP contribution in [0.25, 0.3) is 0 Å². The van der Waals surface area contributed by atoms with Crippen molar-refractivity contribution in [3.8, 4) is 0 Å². The van der Waals surface area contributed by atoms with Gasteiger partial charge in [0.1, 0.15) is 0 Å². The minimum atomic E-state index is 0.164. The maximum absolute atomic E-state index is 11.9. The predicted molar refractivity (Wildman–Crippen MR) is 68.7 cm³/mol. The van der Waals surface area contributed by atoms with E-state index in [0.717, 1.165) is 21.7 Å². The van der Waals surface area contributed by atoms with Gasteiger partial charge in [0.25, 0.3) is 0 Å². The molecule has 3 rings (SSSR count). The van der Waals surface area contributed by atoms with Gasteiger partial charge in [-0.05, 0) is 23.3 Å². The summed E-state index contributed by atoms with van der Waals surface area (Å²) < 4.78 is 0. The smallest absolute Gasteiger partial charge is 0.164 e. The lowest BCUT2D eigenvalue weighted by Crippen LogP contribution is -1.96. The van der Waals surface area contributed by atoms with Crippen LogP contribution in [0.4, 0.5) is 0 Å². The minimum Gasteiger partial charge on any atom is -0.294 e. The van der Waals surface area contributed by atoms with Crippen molar-refractivity contribution >= 4 is 17.4 Å². The number of carbonyl (C=O) groups is 1. The van der Waals surface area contributed by atoms with Crippen LogP contribution in [0, 0.1) is 0 Å². The fraction of sp³-hybridized carbons (Fsp3) is 0.133. The molecule has 1 nitrogen and oxygen atoms in total. The van der Waals surface area contributed by atoms with E-state index in [4.69, 9.17) is 11.6 Å². The summed E-state index contributed by atoms with van der Waals surface area (Å²) in [6, 6.07) is 15.6. The fourth-order valence-corrected chi connectivity index (χ4v) is 2.68. The van der Waals surface area contributed by atoms with Crippen LogP contribution in [0.15, 0.2) is 48.5 Å². The Morgan fingerprint density at radius 1 is 1.06 bits per heavy atom. The molecule has 0 heterocycles. The maximum atomic E-state index is 11.9. The summed E-state index contributed by atoms with van der Waals surface area (Å²) in [5.41, 5.74) is 3.10. The Morgan fingerprint density at radius 3 is 2.71 bits per heavy atom. The van der Waals surface area contributed by atoms with E-state index in [1.54, 1.807) is 0 Å². The monoisotopic (exact) mass is 242 g/mol. The third-order valence-corrected chi connectivity index (χ3v) is 3.51. The number of rotatable bonds is 1. The molecule has 0 spiro atoms. The Bertz CT molecular complexity index is 589. The van der Waals surface area contributed by atoms with Crippen LogP contribution in [0.2, 0.25) is 5.02 Å². The van der Waals surface area contributed by atoms with Crippen LogP contribution in [-0.4, -0.2) is 5.78 Å². The van der Waals surface area contributed by atoms with E-state index in [1.807, 2.05) is 48.5 Å². The van der Waals surface area contributed by atoms with E-state index in [0.29, 0.717) is 6.42 Å². The summed E-state index contributed by atoms with van der Waals surface area (Å²) in [7, 11) is 0. The number of Topliss-reactive ketones (excluding diaryl/α,β-unsaturated/α-hetero) is 1. The topological polar surface area (TPSA) is 17.1 Å². The van der Waals surface area contributed by atoms with Crippen molar-refractivity contribution in [2.75, 3.05) is 0 Å². The van der Waals surface area contributed by atoms with Crippen molar-refractivity contribution < 1.29 is 4.79 Å². The highest BCUT2D eigenvalue weighted by Crippen LogP contribution is 2.38. The molecular formula is C15H11ClO. The highest BCUT2D eigenvalue weighted by molar-refractivity contribution is 6.30. The molecule has 2 aromatic rings. The number of hydrogen-bond donors (Lipinski definition) is 0. The standard InChI is InChI=1S/C15H11ClO/c16-11-5-3-4-10(8-11)14-9-15(17)13-7-2-1-6-12(13)14/h1-8,14H,9H2/t14-/m0/s1. The second kappa shape index (κ2) is 4.01. The average Bonchev–Trinajstić information content (AvgIpc) is 2.68. The number of benzene rings is 2. The fourth-order valence-electron chi connectivity index (χ4n) is 2.48. The maximum Gasteiger partial charge on any atom is 0.164 e. The van der Waals surface area contributed by atoms with Gasteiger partial charge in [0.05, 0.1) is 0 Å². The van der Waals surface area contributed by atoms with Gasteiger partial charge in [0.15, 0.2) is 5.78 Å². The number of halogens is 1. The molecule has 0 saturated carbocycles. The number of fused-ring (bicyclic) bond motifs is 1. The Kier molecular flexibility index (Phi) is 2.49. The van der Waals surface area contributed by atoms with Crippen LogP contribution in [0.5, 0.6) is 0 Å². The summed E-state index contributed by atoms with van der Waals surface area (Å²) in [6.07, 6.45) is 0.555. The number of hydrogen-bond acceptors (Lipinski definition) is 1. The van der Waals surface area contributed by atoms with Gasteiger partial charge in [-0.15, -0.1) is 0 Å². The highest BCUT2D eigenvalue weighted by atomic mass is 35.5. The van der Waals surface area contributed by atoms with Gasteiger partial charge >= 0.3 is 0 Å². The molecule has 0 unspecified atom stereocenters. The summed E-state index contributed by atoms with van der Waals surface area (Å²) in [5.74, 6) is 0.392. The van der Waals surface area contributed by atoms with Crippen molar-refractivity contribution in [3.63, 3.8) is 0 Å². The first-order valence-electron chi connectivity index (χ1n) is 5.63. The second-order valence-electron chi connectivity index (χ2n) is 4.32. The minimum absolute atomic E-state index is 0.164. The molecule has 2 heteroatoms. The SMILES string of the molecule is O=C1C[C@@H](c2cccc(Cl)c2)c2ccccc21. The van der Waals surface area contributed by atoms with E-state index < -0.39 is 0 Å². The molecule has 0 N–H and O–H groups in total. The number of ketones is 1. The van der Waals surface area contributed by atoms with Gasteiger partial charge in [-0.3, -0.25) is 4.79 Å². The third-order valence-electron chi connectivity index (χ3n) is 3.28. The molecular weight excluding hydrogens is 232 g/mol. The van der Waals surface area contributed by atoms with Crippen LogP contribution >= 0.6 is 11.6 Å². The van der Waals surface area contributed by atoms with Gasteiger partial charge in [0.2, 0.25) is 0 Å². The average molecular weight is 243 g/mol. The zero-order valence-corrected chi connectivity index (χ0v) is 9.95. The van der Waals surface area contributed by atoms with Crippen LogP contribution in [0.3, 0.4) is 0 Å². The Balaban J connectivity index is 2.10. The largest absolute Gasteiger partial charge is 0.294 e. The van der Waals surface area contributed by atoms with E-state index in [-0.39, 0.29) is 11.7 Å².